The minimum Gasteiger partial charge on any atom is -0.469 e. The molecule has 0 saturated heterocycles. The molecule has 1 rings (SSSR count). The van der Waals surface area contributed by atoms with Crippen molar-refractivity contribution in [1.82, 2.24) is 0 Å². The lowest BCUT2D eigenvalue weighted by molar-refractivity contribution is -0.299. The van der Waals surface area contributed by atoms with E-state index in [2.05, 4.69) is 4.74 Å². The van der Waals surface area contributed by atoms with Crippen LogP contribution in [0.25, 0.3) is 0 Å². The highest BCUT2D eigenvalue weighted by Gasteiger charge is 2.59. The van der Waals surface area contributed by atoms with Crippen LogP contribution in [0.4, 0.5) is 32.0 Å². The Balaban J connectivity index is 3.28. The van der Waals surface area contributed by atoms with E-state index in [0.717, 1.165) is 12.1 Å². The van der Waals surface area contributed by atoms with E-state index in [1.807, 2.05) is 0 Å². The maximum absolute atomic E-state index is 12.3. The van der Waals surface area contributed by atoms with Gasteiger partial charge >= 0.3 is 12.4 Å². The van der Waals surface area contributed by atoms with Crippen molar-refractivity contribution in [3.05, 3.63) is 18.2 Å². The maximum Gasteiger partial charge on any atom is 0.434 e. The zero-order valence-electron chi connectivity index (χ0n) is 9.86. The number of ether oxygens (including phenoxy) is 1. The fourth-order valence-electron chi connectivity index (χ4n) is 1.24. The number of nitrogen functional groups attached to an aromatic ring is 1. The van der Waals surface area contributed by atoms with Crippen molar-refractivity contribution in [2.24, 2.45) is 5.14 Å². The van der Waals surface area contributed by atoms with E-state index >= 15 is 0 Å². The molecule has 1 aromatic rings. The zero-order chi connectivity index (χ0) is 16.6. The van der Waals surface area contributed by atoms with Crippen LogP contribution in [0.2, 0.25) is 0 Å². The lowest BCUT2D eigenvalue weighted by Gasteiger charge is -2.24. The third kappa shape index (κ3) is 4.39. The number of anilines is 1. The average molecular weight is 338 g/mol. The predicted octanol–water partition coefficient (Wildman–Crippen LogP) is 1.79. The van der Waals surface area contributed by atoms with E-state index in [-0.39, 0.29) is 0 Å². The highest BCUT2D eigenvalue weighted by molar-refractivity contribution is 7.89. The Morgan fingerprint density at radius 1 is 1.05 bits per heavy atom. The van der Waals surface area contributed by atoms with E-state index in [0.29, 0.717) is 6.07 Å². The molecule has 12 heteroatoms. The van der Waals surface area contributed by atoms with Crippen molar-refractivity contribution in [2.75, 3.05) is 5.73 Å². The minimum absolute atomic E-state index is 0.384. The molecule has 0 aliphatic carbocycles. The highest BCUT2D eigenvalue weighted by Crippen LogP contribution is 2.38. The van der Waals surface area contributed by atoms with Crippen molar-refractivity contribution in [3.63, 3.8) is 0 Å². The Kier molecular flexibility index (Phi) is 4.34. The van der Waals surface area contributed by atoms with Crippen molar-refractivity contribution in [2.45, 2.75) is 23.4 Å². The summed E-state index contributed by atoms with van der Waals surface area (Å²) in [6, 6.07) is 1.96. The quantitative estimate of drug-likeness (QED) is 0.649. The summed E-state index contributed by atoms with van der Waals surface area (Å²) in [5.41, 5.74) is 4.56. The first-order valence-corrected chi connectivity index (χ1v) is 6.50. The third-order valence-corrected chi connectivity index (χ3v) is 3.06. The average Bonchev–Trinajstić information content (AvgIpc) is 2.22. The summed E-state index contributed by atoms with van der Waals surface area (Å²) in [6.45, 7) is 0. The monoisotopic (exact) mass is 338 g/mol. The predicted molar refractivity (Wildman–Crippen MR) is 58.8 cm³/mol. The van der Waals surface area contributed by atoms with Gasteiger partial charge in [-0.1, -0.05) is 0 Å². The molecular weight excluding hydrogens is 330 g/mol. The molecule has 0 atom stereocenters. The van der Waals surface area contributed by atoms with Crippen molar-refractivity contribution in [3.8, 4) is 5.75 Å². The van der Waals surface area contributed by atoms with Crippen LogP contribution in [0, 0.1) is 0 Å². The second-order valence-corrected chi connectivity index (χ2v) is 5.39. The molecular formula is C9H8F6N2O3S. The topological polar surface area (TPSA) is 95.4 Å². The van der Waals surface area contributed by atoms with Gasteiger partial charge in [0.05, 0.1) is 10.6 Å². The molecule has 0 amide bonds. The number of nitrogens with two attached hydrogens (primary N) is 2. The van der Waals surface area contributed by atoms with E-state index in [9.17, 15) is 34.8 Å². The molecule has 0 aliphatic heterocycles. The molecule has 0 saturated carbocycles. The molecule has 4 N–H and O–H groups in total. The largest absolute Gasteiger partial charge is 0.469 e. The Morgan fingerprint density at radius 2 is 1.52 bits per heavy atom. The van der Waals surface area contributed by atoms with Gasteiger partial charge < -0.3 is 10.5 Å². The van der Waals surface area contributed by atoms with Gasteiger partial charge in [-0.25, -0.2) is 13.6 Å². The summed E-state index contributed by atoms with van der Waals surface area (Å²) >= 11 is 0. The van der Waals surface area contributed by atoms with Gasteiger partial charge in [0.2, 0.25) is 10.0 Å². The summed E-state index contributed by atoms with van der Waals surface area (Å²) in [5.74, 6) is -1.10. The molecule has 0 unspecified atom stereocenters. The Hall–Kier alpha value is -1.69. The molecule has 120 valence electrons. The Bertz CT molecular complexity index is 611. The molecule has 0 bridgehead atoms. The van der Waals surface area contributed by atoms with E-state index in [4.69, 9.17) is 10.9 Å². The molecule has 5 nitrogen and oxygen atoms in total. The van der Waals surface area contributed by atoms with E-state index < -0.39 is 44.8 Å². The van der Waals surface area contributed by atoms with Gasteiger partial charge in [0.25, 0.3) is 6.10 Å². The van der Waals surface area contributed by atoms with Crippen LogP contribution in [0.3, 0.4) is 0 Å². The highest BCUT2D eigenvalue weighted by atomic mass is 32.2. The lowest BCUT2D eigenvalue weighted by Crippen LogP contribution is -2.46. The van der Waals surface area contributed by atoms with E-state index in [1.54, 1.807) is 0 Å². The van der Waals surface area contributed by atoms with Gasteiger partial charge in [-0.3, -0.25) is 0 Å². The zero-order valence-corrected chi connectivity index (χ0v) is 10.7. The minimum atomic E-state index is -5.76. The van der Waals surface area contributed by atoms with Gasteiger partial charge in [0.1, 0.15) is 5.75 Å². The van der Waals surface area contributed by atoms with Crippen LogP contribution in [-0.4, -0.2) is 26.9 Å². The van der Waals surface area contributed by atoms with Crippen LogP contribution in [0.1, 0.15) is 0 Å². The normalized spacial score (nSPS) is 13.5. The van der Waals surface area contributed by atoms with Crippen molar-refractivity contribution < 1.29 is 39.5 Å². The molecule has 1 aromatic carbocycles. The SMILES string of the molecule is Nc1ccc(S(N)(=O)=O)cc1OC(C(F)(F)F)C(F)(F)F. The second-order valence-electron chi connectivity index (χ2n) is 3.83. The number of alkyl halides is 6. The molecule has 0 radical (unpaired) electrons. The van der Waals surface area contributed by atoms with Gasteiger partial charge in [0, 0.05) is 6.07 Å². The van der Waals surface area contributed by atoms with Gasteiger partial charge in [-0.05, 0) is 12.1 Å². The molecule has 0 fully saturated rings. The first-order valence-electron chi connectivity index (χ1n) is 4.95. The molecule has 0 aliphatic rings. The lowest BCUT2D eigenvalue weighted by atomic mass is 10.2. The maximum atomic E-state index is 12.3. The summed E-state index contributed by atoms with van der Waals surface area (Å²) in [6.07, 6.45) is -15.7. The molecule has 21 heavy (non-hydrogen) atoms. The summed E-state index contributed by atoms with van der Waals surface area (Å²) < 4.78 is 99.9. The number of halogens is 6. The summed E-state index contributed by atoms with van der Waals surface area (Å²) in [7, 11) is -4.35. The van der Waals surface area contributed by atoms with Crippen molar-refractivity contribution in [1.29, 1.82) is 0 Å². The van der Waals surface area contributed by atoms with Crippen molar-refractivity contribution >= 4 is 15.7 Å². The molecule has 0 aromatic heterocycles. The van der Waals surface area contributed by atoms with E-state index in [1.165, 1.54) is 0 Å². The number of primary sulfonamides is 1. The standard InChI is InChI=1S/C9H8F6N2O3S/c10-8(11,12)7(9(13,14)15)20-6-3-4(21(17,18)19)1-2-5(6)16/h1-3,7H,16H2,(H2,17,18,19). The third-order valence-electron chi connectivity index (χ3n) is 2.15. The molecule has 0 heterocycles. The first kappa shape index (κ1) is 17.4. The van der Waals surface area contributed by atoms with Crippen LogP contribution < -0.4 is 15.6 Å². The summed E-state index contributed by atoms with van der Waals surface area (Å²) in [4.78, 5) is -0.741. The van der Waals surface area contributed by atoms with Crippen LogP contribution in [-0.2, 0) is 10.0 Å². The Labute approximate surface area is 114 Å². The number of hydrogen-bond donors (Lipinski definition) is 2. The number of benzene rings is 1. The van der Waals surface area contributed by atoms with Gasteiger partial charge in [-0.2, -0.15) is 26.3 Å². The smallest absolute Gasteiger partial charge is 0.434 e. The summed E-state index contributed by atoms with van der Waals surface area (Å²) in [5, 5.41) is 4.71. The van der Waals surface area contributed by atoms with Gasteiger partial charge in [-0.15, -0.1) is 0 Å². The van der Waals surface area contributed by atoms with Crippen LogP contribution >= 0.6 is 0 Å². The first-order chi connectivity index (χ1) is 9.23. The van der Waals surface area contributed by atoms with Gasteiger partial charge in [0.15, 0.2) is 0 Å². The van der Waals surface area contributed by atoms with Crippen LogP contribution in [0.15, 0.2) is 23.1 Å². The molecule has 0 spiro atoms. The fourth-order valence-corrected chi connectivity index (χ4v) is 1.77. The second kappa shape index (κ2) is 5.26. The number of hydrogen-bond acceptors (Lipinski definition) is 4. The fraction of sp³-hybridized carbons (Fsp3) is 0.333. The Morgan fingerprint density at radius 3 is 1.90 bits per heavy atom. The number of sulfonamides is 1. The van der Waals surface area contributed by atoms with Crippen LogP contribution in [0.5, 0.6) is 5.75 Å². The number of rotatable bonds is 3.